The van der Waals surface area contributed by atoms with Crippen LogP contribution in [-0.2, 0) is 11.3 Å². The Labute approximate surface area is 174 Å². The van der Waals surface area contributed by atoms with E-state index in [0.717, 1.165) is 16.7 Å². The molecule has 3 aromatic rings. The first-order chi connectivity index (χ1) is 13.9. The van der Waals surface area contributed by atoms with Gasteiger partial charge >= 0.3 is 5.97 Å². The van der Waals surface area contributed by atoms with Crippen LogP contribution in [-0.4, -0.2) is 27.8 Å². The maximum absolute atomic E-state index is 10.5. The van der Waals surface area contributed by atoms with E-state index in [1.165, 1.54) is 22.9 Å². The highest BCUT2D eigenvalue weighted by Crippen LogP contribution is 2.35. The van der Waals surface area contributed by atoms with Gasteiger partial charge in [0.2, 0.25) is 5.89 Å². The fraction of sp³-hybridized carbons (Fsp3) is 0.318. The molecule has 0 radical (unpaired) electrons. The summed E-state index contributed by atoms with van der Waals surface area (Å²) >= 11 is 1.53. The normalized spacial score (nSPS) is 12.1. The summed E-state index contributed by atoms with van der Waals surface area (Å²) in [5, 5.41) is 20.9. The zero-order chi connectivity index (χ0) is 20.8. The van der Waals surface area contributed by atoms with Crippen LogP contribution in [0.25, 0.3) is 11.5 Å². The molecule has 7 heteroatoms. The van der Waals surface area contributed by atoms with Gasteiger partial charge in [-0.05, 0) is 55.2 Å². The molecule has 0 spiro atoms. The average Bonchev–Trinajstić information content (AvgIpc) is 3.16. The number of benzene rings is 2. The lowest BCUT2D eigenvalue weighted by atomic mass is 10.1. The molecule has 3 rings (SSSR count). The first kappa shape index (κ1) is 21.1. The molecule has 0 amide bonds. The minimum Gasteiger partial charge on any atom is -0.481 e. The minimum atomic E-state index is -0.791. The lowest BCUT2D eigenvalue weighted by Crippen LogP contribution is -2.17. The Morgan fingerprint density at radius 1 is 1.14 bits per heavy atom. The molecule has 2 N–H and O–H groups in total. The van der Waals surface area contributed by atoms with Crippen molar-refractivity contribution < 1.29 is 14.3 Å². The zero-order valence-electron chi connectivity index (χ0n) is 16.8. The second-order valence-corrected chi connectivity index (χ2v) is 8.29. The van der Waals surface area contributed by atoms with E-state index in [1.54, 1.807) is 0 Å². The third-order valence-corrected chi connectivity index (χ3v) is 5.72. The number of nitrogens with zero attached hydrogens (tertiary/aromatic N) is 2. The van der Waals surface area contributed by atoms with Gasteiger partial charge < -0.3 is 14.8 Å². The smallest absolute Gasteiger partial charge is 0.304 e. The molecule has 6 nitrogen and oxygen atoms in total. The van der Waals surface area contributed by atoms with Gasteiger partial charge in [-0.3, -0.25) is 4.79 Å². The molecule has 0 aliphatic carbocycles. The Kier molecular flexibility index (Phi) is 7.06. The van der Waals surface area contributed by atoms with Crippen LogP contribution >= 0.6 is 11.8 Å². The van der Waals surface area contributed by atoms with Gasteiger partial charge in [0.1, 0.15) is 0 Å². The maximum Gasteiger partial charge on any atom is 0.304 e. The Morgan fingerprint density at radius 2 is 1.90 bits per heavy atom. The van der Waals surface area contributed by atoms with Crippen molar-refractivity contribution in [2.75, 3.05) is 6.54 Å². The van der Waals surface area contributed by atoms with Gasteiger partial charge in [-0.1, -0.05) is 42.1 Å². The Hall–Kier alpha value is -2.64. The summed E-state index contributed by atoms with van der Waals surface area (Å²) < 4.78 is 5.85. The summed E-state index contributed by atoms with van der Waals surface area (Å²) in [5.74, 6) is -0.258. The average molecular weight is 412 g/mol. The molecule has 0 bridgehead atoms. The van der Waals surface area contributed by atoms with Crippen LogP contribution < -0.4 is 5.32 Å². The van der Waals surface area contributed by atoms with Crippen molar-refractivity contribution in [2.45, 2.75) is 44.2 Å². The van der Waals surface area contributed by atoms with E-state index in [9.17, 15) is 4.79 Å². The highest BCUT2D eigenvalue weighted by atomic mass is 32.2. The van der Waals surface area contributed by atoms with Crippen LogP contribution in [0.4, 0.5) is 0 Å². The van der Waals surface area contributed by atoms with E-state index in [4.69, 9.17) is 9.52 Å². The number of carboxylic acids is 1. The number of carboxylic acid groups (broad SMARTS) is 1. The number of thioether (sulfide) groups is 1. The SMILES string of the molecule is Cc1ccc(-c2nnc(SC(C)c3ccc(CNCCC(=O)O)cc3)o2)cc1C. The lowest BCUT2D eigenvalue weighted by Gasteiger charge is -2.10. The minimum absolute atomic E-state index is 0.125. The number of carbonyl (C=O) groups is 1. The number of rotatable bonds is 9. The summed E-state index contributed by atoms with van der Waals surface area (Å²) in [6.45, 7) is 7.36. The number of aromatic nitrogens is 2. The Balaban J connectivity index is 1.57. The largest absolute Gasteiger partial charge is 0.481 e. The molecule has 1 atom stereocenters. The van der Waals surface area contributed by atoms with Crippen LogP contribution in [0.3, 0.4) is 0 Å². The molecular weight excluding hydrogens is 386 g/mol. The monoisotopic (exact) mass is 411 g/mol. The summed E-state index contributed by atoms with van der Waals surface area (Å²) in [6.07, 6.45) is 0.125. The van der Waals surface area contributed by atoms with Gasteiger partial charge in [-0.25, -0.2) is 0 Å². The molecule has 0 saturated carbocycles. The van der Waals surface area contributed by atoms with Gasteiger partial charge in [0.05, 0.1) is 6.42 Å². The fourth-order valence-corrected chi connectivity index (χ4v) is 3.61. The molecular formula is C22H25N3O3S. The van der Waals surface area contributed by atoms with Crippen LogP contribution in [0.15, 0.2) is 52.1 Å². The van der Waals surface area contributed by atoms with Crippen molar-refractivity contribution >= 4 is 17.7 Å². The second kappa shape index (κ2) is 9.71. The van der Waals surface area contributed by atoms with Crippen LogP contribution in [0.1, 0.15) is 40.8 Å². The molecule has 29 heavy (non-hydrogen) atoms. The Morgan fingerprint density at radius 3 is 2.59 bits per heavy atom. The third-order valence-electron chi connectivity index (χ3n) is 4.73. The number of aryl methyl sites for hydroxylation is 2. The third kappa shape index (κ3) is 5.92. The molecule has 1 unspecified atom stereocenters. The number of nitrogens with one attached hydrogen (secondary N) is 1. The van der Waals surface area contributed by atoms with Gasteiger partial charge in [0.25, 0.3) is 5.22 Å². The van der Waals surface area contributed by atoms with Crippen LogP contribution in [0.5, 0.6) is 0 Å². The first-order valence-electron chi connectivity index (χ1n) is 9.51. The van der Waals surface area contributed by atoms with E-state index < -0.39 is 5.97 Å². The van der Waals surface area contributed by atoms with Gasteiger partial charge in [0.15, 0.2) is 0 Å². The summed E-state index contributed by atoms with van der Waals surface area (Å²) in [5.41, 5.74) is 5.64. The highest BCUT2D eigenvalue weighted by molar-refractivity contribution is 7.99. The van der Waals surface area contributed by atoms with Crippen LogP contribution in [0.2, 0.25) is 0 Å². The van der Waals surface area contributed by atoms with Crippen molar-refractivity contribution in [3.63, 3.8) is 0 Å². The molecule has 152 valence electrons. The summed E-state index contributed by atoms with van der Waals surface area (Å²) in [4.78, 5) is 10.5. The molecule has 1 aromatic heterocycles. The predicted octanol–water partition coefficient (Wildman–Crippen LogP) is 4.77. The summed E-state index contributed by atoms with van der Waals surface area (Å²) in [6, 6.07) is 14.4. The summed E-state index contributed by atoms with van der Waals surface area (Å²) in [7, 11) is 0. The van der Waals surface area contributed by atoms with Crippen molar-refractivity contribution in [1.29, 1.82) is 0 Å². The Bertz CT molecular complexity index is 970. The van der Waals surface area contributed by atoms with E-state index >= 15 is 0 Å². The van der Waals surface area contributed by atoms with E-state index in [-0.39, 0.29) is 11.7 Å². The van der Waals surface area contributed by atoms with Gasteiger partial charge in [0, 0.05) is 23.9 Å². The molecule has 1 heterocycles. The van der Waals surface area contributed by atoms with E-state index in [0.29, 0.717) is 24.2 Å². The van der Waals surface area contributed by atoms with E-state index in [2.05, 4.69) is 72.7 Å². The maximum atomic E-state index is 10.5. The molecule has 0 fully saturated rings. The number of hydrogen-bond donors (Lipinski definition) is 2. The second-order valence-electron chi connectivity index (χ2n) is 6.99. The van der Waals surface area contributed by atoms with Crippen molar-refractivity contribution in [1.82, 2.24) is 15.5 Å². The van der Waals surface area contributed by atoms with Crippen molar-refractivity contribution in [3.8, 4) is 11.5 Å². The van der Waals surface area contributed by atoms with Crippen LogP contribution in [0, 0.1) is 13.8 Å². The zero-order valence-corrected chi connectivity index (χ0v) is 17.6. The van der Waals surface area contributed by atoms with Gasteiger partial charge in [-0.2, -0.15) is 0 Å². The fourth-order valence-electron chi connectivity index (χ4n) is 2.80. The standard InChI is InChI=1S/C22H25N3O3S/c1-14-4-7-19(12-15(14)2)21-24-25-22(28-21)29-16(3)18-8-5-17(6-9-18)13-23-11-10-20(26)27/h4-9,12,16,23H,10-11,13H2,1-3H3,(H,26,27). The number of aliphatic carboxylic acids is 1. The predicted molar refractivity (Wildman–Crippen MR) is 114 cm³/mol. The quantitative estimate of drug-likeness (QED) is 0.387. The number of hydrogen-bond acceptors (Lipinski definition) is 6. The molecule has 0 aliphatic heterocycles. The topological polar surface area (TPSA) is 88.2 Å². The van der Waals surface area contributed by atoms with Gasteiger partial charge in [-0.15, -0.1) is 10.2 Å². The molecule has 0 saturated heterocycles. The molecule has 0 aliphatic rings. The van der Waals surface area contributed by atoms with Crippen molar-refractivity contribution in [3.05, 3.63) is 64.7 Å². The van der Waals surface area contributed by atoms with E-state index in [1.807, 2.05) is 6.07 Å². The molecule has 2 aromatic carbocycles. The first-order valence-corrected chi connectivity index (χ1v) is 10.4. The highest BCUT2D eigenvalue weighted by Gasteiger charge is 2.14. The lowest BCUT2D eigenvalue weighted by molar-refractivity contribution is -0.136. The van der Waals surface area contributed by atoms with Crippen molar-refractivity contribution in [2.24, 2.45) is 0 Å².